The van der Waals surface area contributed by atoms with Gasteiger partial charge in [-0.2, -0.15) is 18.3 Å². The number of carbonyl (C=O) groups excluding carboxylic acids is 1. The molecule has 0 bridgehead atoms. The number of methoxy groups -OCH3 is 2. The zero-order chi connectivity index (χ0) is 26.2. The number of rotatable bonds is 6. The average Bonchev–Trinajstić information content (AvgIpc) is 3.53. The van der Waals surface area contributed by atoms with Crippen molar-refractivity contribution in [2.75, 3.05) is 37.5 Å². The second kappa shape index (κ2) is 9.88. The molecule has 1 saturated heterocycles. The molecule has 3 N–H and O–H groups in total. The SMILES string of the molecule is COC1=Cc2nc(-c3n[nH]cc3NC(=O)C3CCN(c4ccc(C(F)(F)F)cn4)CC3)[nH]c2CC1OC. The van der Waals surface area contributed by atoms with Gasteiger partial charge in [-0.05, 0) is 25.0 Å². The van der Waals surface area contributed by atoms with Gasteiger partial charge in [0.2, 0.25) is 5.91 Å². The third-order valence-electron chi connectivity index (χ3n) is 6.70. The third-order valence-corrected chi connectivity index (χ3v) is 6.70. The number of fused-ring (bicyclic) bond motifs is 1. The standard InChI is InChI=1S/C24H26F3N7O3/c1-36-18-9-15-16(10-19(18)37-2)31-22(30-15)21-17(12-29-33-21)32-23(35)13-5-7-34(8-6-13)20-4-3-14(11-28-20)24(25,26)27/h3-4,9,11-13,19H,5-8,10H2,1-2H3,(H,29,33)(H,30,31)(H,32,35). The smallest absolute Gasteiger partial charge is 0.417 e. The minimum absolute atomic E-state index is 0.153. The van der Waals surface area contributed by atoms with Crippen molar-refractivity contribution in [1.82, 2.24) is 25.1 Å². The summed E-state index contributed by atoms with van der Waals surface area (Å²) in [5, 5.41) is 9.99. The van der Waals surface area contributed by atoms with Crippen LogP contribution in [0.3, 0.4) is 0 Å². The van der Waals surface area contributed by atoms with Crippen LogP contribution in [0, 0.1) is 5.92 Å². The molecule has 0 aromatic carbocycles. The van der Waals surface area contributed by atoms with Crippen LogP contribution in [-0.2, 0) is 26.9 Å². The van der Waals surface area contributed by atoms with Crippen molar-refractivity contribution < 1.29 is 27.4 Å². The Morgan fingerprint density at radius 1 is 1.22 bits per heavy atom. The van der Waals surface area contributed by atoms with E-state index >= 15 is 0 Å². The van der Waals surface area contributed by atoms with Gasteiger partial charge in [-0.25, -0.2) is 9.97 Å². The molecule has 3 aromatic heterocycles. The molecule has 0 radical (unpaired) electrons. The molecule has 1 aliphatic heterocycles. The lowest BCUT2D eigenvalue weighted by Gasteiger charge is -2.32. The minimum Gasteiger partial charge on any atom is -0.498 e. The summed E-state index contributed by atoms with van der Waals surface area (Å²) < 4.78 is 49.3. The summed E-state index contributed by atoms with van der Waals surface area (Å²) in [6.45, 7) is 1.02. The number of ether oxygens (including phenoxy) is 2. The molecule has 1 aliphatic carbocycles. The quantitative estimate of drug-likeness (QED) is 0.457. The molecule has 5 rings (SSSR count). The second-order valence-corrected chi connectivity index (χ2v) is 8.93. The number of anilines is 2. The number of imidazole rings is 1. The normalized spacial score (nSPS) is 18.4. The van der Waals surface area contributed by atoms with Crippen LogP contribution in [-0.4, -0.2) is 64.5 Å². The number of H-pyrrole nitrogens is 2. The van der Waals surface area contributed by atoms with Crippen molar-refractivity contribution >= 4 is 23.5 Å². The molecule has 3 aromatic rings. The molecule has 1 unspecified atom stereocenters. The van der Waals surface area contributed by atoms with Gasteiger partial charge >= 0.3 is 6.18 Å². The summed E-state index contributed by atoms with van der Waals surface area (Å²) in [6.07, 6.45) is 1.27. The van der Waals surface area contributed by atoms with Gasteiger partial charge in [-0.1, -0.05) is 0 Å². The maximum Gasteiger partial charge on any atom is 0.417 e. The van der Waals surface area contributed by atoms with Crippen LogP contribution in [0.1, 0.15) is 29.8 Å². The first-order chi connectivity index (χ1) is 17.8. The van der Waals surface area contributed by atoms with Crippen LogP contribution in [0.2, 0.25) is 0 Å². The van der Waals surface area contributed by atoms with Crippen LogP contribution in [0.4, 0.5) is 24.7 Å². The number of alkyl halides is 3. The van der Waals surface area contributed by atoms with Crippen LogP contribution in [0.5, 0.6) is 0 Å². The van der Waals surface area contributed by atoms with E-state index in [1.807, 2.05) is 11.0 Å². The maximum atomic E-state index is 13.0. The molecule has 0 spiro atoms. The lowest BCUT2D eigenvalue weighted by molar-refractivity contribution is -0.137. The molecule has 13 heteroatoms. The third kappa shape index (κ3) is 5.03. The Kier molecular flexibility index (Phi) is 6.63. The largest absolute Gasteiger partial charge is 0.498 e. The molecule has 0 saturated carbocycles. The number of piperidine rings is 1. The number of hydrogen-bond acceptors (Lipinski definition) is 7. The summed E-state index contributed by atoms with van der Waals surface area (Å²) in [5.74, 6) is 1.25. The van der Waals surface area contributed by atoms with E-state index in [1.54, 1.807) is 20.4 Å². The summed E-state index contributed by atoms with van der Waals surface area (Å²) in [6, 6.07) is 2.39. The summed E-state index contributed by atoms with van der Waals surface area (Å²) in [7, 11) is 3.20. The first-order valence-electron chi connectivity index (χ1n) is 11.8. The summed E-state index contributed by atoms with van der Waals surface area (Å²) >= 11 is 0. The number of halogens is 3. The van der Waals surface area contributed by atoms with Crippen LogP contribution < -0.4 is 10.2 Å². The number of nitrogens with zero attached hydrogens (tertiary/aromatic N) is 4. The van der Waals surface area contributed by atoms with Crippen LogP contribution in [0.15, 0.2) is 30.3 Å². The number of hydrogen-bond donors (Lipinski definition) is 3. The summed E-state index contributed by atoms with van der Waals surface area (Å²) in [4.78, 5) is 26.7. The molecule has 2 aliphatic rings. The average molecular weight is 518 g/mol. The number of pyridine rings is 1. The van der Waals surface area contributed by atoms with E-state index in [0.717, 1.165) is 23.7 Å². The Hall–Kier alpha value is -3.87. The Morgan fingerprint density at radius 3 is 2.65 bits per heavy atom. The van der Waals surface area contributed by atoms with Crippen molar-refractivity contribution in [3.05, 3.63) is 47.2 Å². The first kappa shape index (κ1) is 24.8. The van der Waals surface area contributed by atoms with E-state index in [9.17, 15) is 18.0 Å². The van der Waals surface area contributed by atoms with Crippen molar-refractivity contribution in [1.29, 1.82) is 0 Å². The first-order valence-corrected chi connectivity index (χ1v) is 11.8. The van der Waals surface area contributed by atoms with E-state index in [-0.39, 0.29) is 17.9 Å². The van der Waals surface area contributed by atoms with Crippen molar-refractivity contribution in [2.45, 2.75) is 31.5 Å². The molecule has 37 heavy (non-hydrogen) atoms. The van der Waals surface area contributed by atoms with Crippen molar-refractivity contribution in [3.8, 4) is 11.5 Å². The predicted octanol–water partition coefficient (Wildman–Crippen LogP) is 3.63. The molecular weight excluding hydrogens is 491 g/mol. The van der Waals surface area contributed by atoms with Gasteiger partial charge < -0.3 is 24.7 Å². The molecule has 1 amide bonds. The molecule has 4 heterocycles. The van der Waals surface area contributed by atoms with Crippen LogP contribution >= 0.6 is 0 Å². The molecule has 1 atom stereocenters. The minimum atomic E-state index is -4.42. The van der Waals surface area contributed by atoms with Crippen molar-refractivity contribution in [3.63, 3.8) is 0 Å². The fraction of sp³-hybridized carbons (Fsp3) is 0.417. The zero-order valence-electron chi connectivity index (χ0n) is 20.2. The number of aromatic nitrogens is 5. The van der Waals surface area contributed by atoms with Crippen molar-refractivity contribution in [2.24, 2.45) is 5.92 Å². The Morgan fingerprint density at radius 2 is 2.00 bits per heavy atom. The highest BCUT2D eigenvalue weighted by Crippen LogP contribution is 2.32. The Bertz CT molecular complexity index is 1290. The molecule has 1 fully saturated rings. The second-order valence-electron chi connectivity index (χ2n) is 8.93. The number of carbonyl (C=O) groups is 1. The lowest BCUT2D eigenvalue weighted by Crippen LogP contribution is -2.38. The Balaban J connectivity index is 1.22. The van der Waals surface area contributed by atoms with Crippen LogP contribution in [0.25, 0.3) is 17.6 Å². The summed E-state index contributed by atoms with van der Waals surface area (Å²) in [5.41, 5.74) is 1.81. The Labute approximate surface area is 210 Å². The van der Waals surface area contributed by atoms with E-state index < -0.39 is 11.7 Å². The fourth-order valence-corrected chi connectivity index (χ4v) is 4.63. The van der Waals surface area contributed by atoms with E-state index in [2.05, 4.69) is 30.5 Å². The fourth-order valence-electron chi connectivity index (χ4n) is 4.63. The number of amides is 1. The number of nitrogens with one attached hydrogen (secondary N) is 3. The predicted molar refractivity (Wildman–Crippen MR) is 128 cm³/mol. The highest BCUT2D eigenvalue weighted by molar-refractivity contribution is 5.95. The van der Waals surface area contributed by atoms with E-state index in [4.69, 9.17) is 9.47 Å². The van der Waals surface area contributed by atoms with E-state index in [0.29, 0.717) is 61.1 Å². The lowest BCUT2D eigenvalue weighted by atomic mass is 9.95. The molecule has 10 nitrogen and oxygen atoms in total. The van der Waals surface area contributed by atoms with Gasteiger partial charge in [0.15, 0.2) is 11.5 Å². The maximum absolute atomic E-state index is 13.0. The van der Waals surface area contributed by atoms with Gasteiger partial charge in [0.1, 0.15) is 17.7 Å². The highest BCUT2D eigenvalue weighted by Gasteiger charge is 2.32. The number of aromatic amines is 2. The van der Waals surface area contributed by atoms with E-state index in [1.165, 1.54) is 6.07 Å². The van der Waals surface area contributed by atoms with Gasteiger partial charge in [-0.15, -0.1) is 0 Å². The molecule has 196 valence electrons. The monoisotopic (exact) mass is 517 g/mol. The zero-order valence-corrected chi connectivity index (χ0v) is 20.2. The van der Waals surface area contributed by atoms with Gasteiger partial charge in [-0.3, -0.25) is 9.89 Å². The topological polar surface area (TPSA) is 121 Å². The van der Waals surface area contributed by atoms with Gasteiger partial charge in [0.25, 0.3) is 0 Å². The van der Waals surface area contributed by atoms with Gasteiger partial charge in [0, 0.05) is 56.7 Å². The molecular formula is C24H26F3N7O3. The highest BCUT2D eigenvalue weighted by atomic mass is 19.4. The van der Waals surface area contributed by atoms with Gasteiger partial charge in [0.05, 0.1) is 24.1 Å².